The number of aromatic nitrogens is 3. The third-order valence-electron chi connectivity index (χ3n) is 3.69. The summed E-state index contributed by atoms with van der Waals surface area (Å²) in [4.78, 5) is 21.9. The normalized spacial score (nSPS) is 11.0. The first-order chi connectivity index (χ1) is 13.2. The average Bonchev–Trinajstić information content (AvgIpc) is 3.39. The van der Waals surface area contributed by atoms with Gasteiger partial charge in [-0.25, -0.2) is 4.98 Å². The highest BCUT2D eigenvalue weighted by molar-refractivity contribution is 7.22. The molecule has 9 heteroatoms. The third kappa shape index (κ3) is 4.15. The van der Waals surface area contributed by atoms with Crippen LogP contribution in [0.4, 0.5) is 5.13 Å². The Labute approximate surface area is 163 Å². The van der Waals surface area contributed by atoms with Crippen LogP contribution in [0.1, 0.15) is 19.2 Å². The largest absolute Gasteiger partial charge is 0.494 e. The van der Waals surface area contributed by atoms with Gasteiger partial charge in [0, 0.05) is 12.8 Å². The van der Waals surface area contributed by atoms with E-state index in [-0.39, 0.29) is 12.3 Å². The van der Waals surface area contributed by atoms with Crippen LogP contribution >= 0.6 is 22.7 Å². The maximum absolute atomic E-state index is 12.2. The van der Waals surface area contributed by atoms with Crippen molar-refractivity contribution in [3.05, 3.63) is 41.6 Å². The molecule has 0 unspecified atom stereocenters. The Hall–Kier alpha value is -2.78. The molecule has 0 aliphatic carbocycles. The minimum atomic E-state index is -0.144. The van der Waals surface area contributed by atoms with Crippen molar-refractivity contribution in [2.75, 3.05) is 11.9 Å². The molecule has 0 saturated heterocycles. The number of hydrogen-bond acceptors (Lipinski definition) is 8. The van der Waals surface area contributed by atoms with Gasteiger partial charge in [-0.1, -0.05) is 22.6 Å². The lowest BCUT2D eigenvalue weighted by atomic mass is 10.3. The minimum Gasteiger partial charge on any atom is -0.494 e. The van der Waals surface area contributed by atoms with Gasteiger partial charge in [-0.15, -0.1) is 11.3 Å². The summed E-state index contributed by atoms with van der Waals surface area (Å²) < 4.78 is 11.7. The van der Waals surface area contributed by atoms with Gasteiger partial charge in [0.15, 0.2) is 5.13 Å². The Balaban J connectivity index is 1.36. The number of rotatable bonds is 7. The van der Waals surface area contributed by atoms with E-state index < -0.39 is 0 Å². The zero-order valence-electron chi connectivity index (χ0n) is 14.5. The lowest BCUT2D eigenvalue weighted by Gasteiger charge is -2.00. The van der Waals surface area contributed by atoms with Crippen LogP contribution in [-0.4, -0.2) is 27.6 Å². The Morgan fingerprint density at radius 3 is 3.04 bits per heavy atom. The number of carbonyl (C=O) groups excluding carboxylic acids is 1. The maximum atomic E-state index is 12.2. The van der Waals surface area contributed by atoms with Crippen molar-refractivity contribution >= 4 is 43.9 Å². The number of hydrogen-bond donors (Lipinski definition) is 1. The number of amides is 1. The van der Waals surface area contributed by atoms with E-state index in [0.717, 1.165) is 20.8 Å². The van der Waals surface area contributed by atoms with Crippen LogP contribution in [0.5, 0.6) is 5.75 Å². The molecular formula is C18H16N4O3S2. The van der Waals surface area contributed by atoms with Crippen LogP contribution in [0.2, 0.25) is 0 Å². The average molecular weight is 400 g/mol. The molecule has 3 heterocycles. The van der Waals surface area contributed by atoms with Gasteiger partial charge in [0.2, 0.25) is 17.6 Å². The van der Waals surface area contributed by atoms with Crippen molar-refractivity contribution in [1.29, 1.82) is 0 Å². The molecule has 4 aromatic rings. The highest BCUT2D eigenvalue weighted by atomic mass is 32.1. The van der Waals surface area contributed by atoms with E-state index in [9.17, 15) is 4.79 Å². The van der Waals surface area contributed by atoms with Crippen molar-refractivity contribution < 1.29 is 14.1 Å². The molecule has 1 N–H and O–H groups in total. The van der Waals surface area contributed by atoms with Gasteiger partial charge in [-0.3, -0.25) is 4.79 Å². The summed E-state index contributed by atoms with van der Waals surface area (Å²) in [5.74, 6) is 1.65. The fourth-order valence-electron chi connectivity index (χ4n) is 2.48. The molecule has 0 atom stereocenters. The van der Waals surface area contributed by atoms with Crippen LogP contribution in [0.3, 0.4) is 0 Å². The molecule has 0 aliphatic heterocycles. The number of ether oxygens (including phenoxy) is 1. The molecule has 4 rings (SSSR count). The molecule has 0 bridgehead atoms. The van der Waals surface area contributed by atoms with Gasteiger partial charge in [-0.05, 0) is 36.6 Å². The Morgan fingerprint density at radius 1 is 1.30 bits per heavy atom. The number of benzene rings is 1. The molecule has 138 valence electrons. The summed E-state index contributed by atoms with van der Waals surface area (Å²) in [6.07, 6.45) is 0.621. The quantitative estimate of drug-likeness (QED) is 0.495. The van der Waals surface area contributed by atoms with E-state index in [2.05, 4.69) is 20.4 Å². The molecule has 3 aromatic heterocycles. The Kier molecular flexibility index (Phi) is 5.12. The number of fused-ring (bicyclic) bond motifs is 1. The second-order valence-corrected chi connectivity index (χ2v) is 7.60. The zero-order chi connectivity index (χ0) is 18.6. The number of carbonyl (C=O) groups is 1. The first-order valence-electron chi connectivity index (χ1n) is 8.41. The SMILES string of the molecule is CCOc1ccc2nc(NC(=O)CCc3nc(-c4cccs4)no3)sc2c1. The van der Waals surface area contributed by atoms with Crippen LogP contribution in [0.25, 0.3) is 20.9 Å². The number of thiophene rings is 1. The standard InChI is InChI=1S/C18H16N4O3S2/c1-2-24-11-5-6-12-14(10-11)27-18(19-12)20-15(23)7-8-16-21-17(22-25-16)13-4-3-9-26-13/h3-6,9-10H,2,7-8H2,1H3,(H,19,20,23). The lowest BCUT2D eigenvalue weighted by Crippen LogP contribution is -2.12. The summed E-state index contributed by atoms with van der Waals surface area (Å²) in [7, 11) is 0. The molecule has 0 radical (unpaired) electrons. The van der Waals surface area contributed by atoms with Crippen LogP contribution in [0, 0.1) is 0 Å². The molecule has 0 saturated carbocycles. The predicted molar refractivity (Wildman–Crippen MR) is 105 cm³/mol. The maximum Gasteiger partial charge on any atom is 0.227 e. The van der Waals surface area contributed by atoms with E-state index in [4.69, 9.17) is 9.26 Å². The van der Waals surface area contributed by atoms with Crippen LogP contribution in [0.15, 0.2) is 40.2 Å². The van der Waals surface area contributed by atoms with Crippen molar-refractivity contribution in [3.63, 3.8) is 0 Å². The highest BCUT2D eigenvalue weighted by Crippen LogP contribution is 2.29. The second-order valence-electron chi connectivity index (χ2n) is 5.62. The Bertz CT molecular complexity index is 1060. The number of nitrogens with one attached hydrogen (secondary N) is 1. The summed E-state index contributed by atoms with van der Waals surface area (Å²) in [6.45, 7) is 2.55. The number of thiazole rings is 1. The minimum absolute atomic E-state index is 0.144. The fraction of sp³-hybridized carbons (Fsp3) is 0.222. The molecule has 27 heavy (non-hydrogen) atoms. The van der Waals surface area contributed by atoms with Gasteiger partial charge in [-0.2, -0.15) is 4.98 Å². The molecule has 0 spiro atoms. The van der Waals surface area contributed by atoms with Gasteiger partial charge in [0.05, 0.1) is 21.7 Å². The summed E-state index contributed by atoms with van der Waals surface area (Å²) >= 11 is 2.96. The van der Waals surface area contributed by atoms with E-state index in [1.807, 2.05) is 42.6 Å². The van der Waals surface area contributed by atoms with Crippen molar-refractivity contribution in [2.45, 2.75) is 19.8 Å². The number of aryl methyl sites for hydroxylation is 1. The first-order valence-corrected chi connectivity index (χ1v) is 10.1. The van der Waals surface area contributed by atoms with Crippen LogP contribution in [-0.2, 0) is 11.2 Å². The fourth-order valence-corrected chi connectivity index (χ4v) is 4.04. The highest BCUT2D eigenvalue weighted by Gasteiger charge is 2.13. The van der Waals surface area contributed by atoms with E-state index in [1.165, 1.54) is 11.3 Å². The molecule has 7 nitrogen and oxygen atoms in total. The molecule has 1 amide bonds. The molecule has 0 aliphatic rings. The second kappa shape index (κ2) is 7.85. The first kappa shape index (κ1) is 17.6. The predicted octanol–water partition coefficient (Wildman–Crippen LogP) is 4.38. The molecule has 0 fully saturated rings. The zero-order valence-corrected chi connectivity index (χ0v) is 16.1. The molecule has 1 aromatic carbocycles. The molecular weight excluding hydrogens is 384 g/mol. The summed E-state index contributed by atoms with van der Waals surface area (Å²) in [5, 5.41) is 9.29. The van der Waals surface area contributed by atoms with Crippen LogP contribution < -0.4 is 10.1 Å². The summed E-state index contributed by atoms with van der Waals surface area (Å²) in [6, 6.07) is 9.54. The summed E-state index contributed by atoms with van der Waals surface area (Å²) in [5.41, 5.74) is 0.830. The Morgan fingerprint density at radius 2 is 2.22 bits per heavy atom. The third-order valence-corrected chi connectivity index (χ3v) is 5.49. The van der Waals surface area contributed by atoms with E-state index in [0.29, 0.717) is 29.9 Å². The smallest absolute Gasteiger partial charge is 0.227 e. The van der Waals surface area contributed by atoms with Gasteiger partial charge >= 0.3 is 0 Å². The monoisotopic (exact) mass is 400 g/mol. The number of nitrogens with zero attached hydrogens (tertiary/aromatic N) is 3. The van der Waals surface area contributed by atoms with Crippen molar-refractivity contribution in [3.8, 4) is 16.5 Å². The van der Waals surface area contributed by atoms with E-state index in [1.54, 1.807) is 11.3 Å². The van der Waals surface area contributed by atoms with Crippen molar-refractivity contribution in [2.24, 2.45) is 0 Å². The van der Waals surface area contributed by atoms with Gasteiger partial charge in [0.25, 0.3) is 0 Å². The topological polar surface area (TPSA) is 90.1 Å². The van der Waals surface area contributed by atoms with Crippen molar-refractivity contribution in [1.82, 2.24) is 15.1 Å². The van der Waals surface area contributed by atoms with Gasteiger partial charge < -0.3 is 14.6 Å². The lowest BCUT2D eigenvalue weighted by molar-refractivity contribution is -0.116. The van der Waals surface area contributed by atoms with Gasteiger partial charge in [0.1, 0.15) is 5.75 Å². The number of anilines is 1. The van der Waals surface area contributed by atoms with E-state index >= 15 is 0 Å².